The number of hydrogen-bond donors (Lipinski definition) is 2. The quantitative estimate of drug-likeness (QED) is 0.623. The Kier molecular flexibility index (Phi) is 8.11. The van der Waals surface area contributed by atoms with Gasteiger partial charge in [0, 0.05) is 31.7 Å². The molecule has 0 aromatic rings. The summed E-state index contributed by atoms with van der Waals surface area (Å²) in [5.41, 5.74) is 5.51. The number of unbranched alkanes of at least 4 members (excludes halogenated alkanes) is 3. The van der Waals surface area contributed by atoms with Crippen molar-refractivity contribution in [1.29, 1.82) is 0 Å². The maximum Gasteiger partial charge on any atom is 0.220 e. The summed E-state index contributed by atoms with van der Waals surface area (Å²) in [6.07, 6.45) is 6.84. The number of nitrogens with one attached hydrogen (secondary N) is 1. The Hall–Kier alpha value is -0.650. The van der Waals surface area contributed by atoms with Crippen LogP contribution >= 0.6 is 0 Å². The fourth-order valence-electron chi connectivity index (χ4n) is 2.67. The molecule has 0 aromatic heterocycles. The number of amides is 1. The molecule has 0 spiro atoms. The van der Waals surface area contributed by atoms with Crippen LogP contribution in [0.5, 0.6) is 0 Å². The normalized spacial score (nSPS) is 18.2. The Labute approximate surface area is 123 Å². The Morgan fingerprint density at radius 2 is 1.85 bits per heavy atom. The van der Waals surface area contributed by atoms with Gasteiger partial charge in [0.1, 0.15) is 0 Å². The minimum atomic E-state index is 0.0630. The van der Waals surface area contributed by atoms with Gasteiger partial charge in [0.2, 0.25) is 5.91 Å². The van der Waals surface area contributed by atoms with Crippen molar-refractivity contribution in [3.8, 4) is 0 Å². The first-order valence-electron chi connectivity index (χ1n) is 7.83. The van der Waals surface area contributed by atoms with E-state index in [2.05, 4.69) is 24.3 Å². The van der Waals surface area contributed by atoms with Crippen molar-refractivity contribution < 1.29 is 9.53 Å². The number of carbonyl (C=O) groups is 1. The molecule has 0 aromatic carbocycles. The molecule has 1 aliphatic rings. The molecule has 118 valence electrons. The van der Waals surface area contributed by atoms with Gasteiger partial charge in [0.25, 0.3) is 0 Å². The summed E-state index contributed by atoms with van der Waals surface area (Å²) in [6, 6.07) is 0. The number of hydrogen-bond acceptors (Lipinski definition) is 4. The Bertz CT molecular complexity index is 276. The minimum Gasteiger partial charge on any atom is -0.381 e. The zero-order valence-corrected chi connectivity index (χ0v) is 13.1. The Balaban J connectivity index is 2.23. The first-order chi connectivity index (χ1) is 9.60. The molecule has 1 saturated heterocycles. The number of likely N-dealkylation sites (N-methyl/N-ethyl adjacent to an activating group) is 1. The second-order valence-corrected chi connectivity index (χ2v) is 5.96. The third-order valence-electron chi connectivity index (χ3n) is 4.34. The summed E-state index contributed by atoms with van der Waals surface area (Å²) in [6.45, 7) is 3.05. The largest absolute Gasteiger partial charge is 0.381 e. The van der Waals surface area contributed by atoms with E-state index in [4.69, 9.17) is 10.5 Å². The van der Waals surface area contributed by atoms with Crippen molar-refractivity contribution in [2.75, 3.05) is 40.4 Å². The van der Waals surface area contributed by atoms with Crippen molar-refractivity contribution in [1.82, 2.24) is 10.2 Å². The summed E-state index contributed by atoms with van der Waals surface area (Å²) < 4.78 is 5.43. The van der Waals surface area contributed by atoms with Gasteiger partial charge in [-0.1, -0.05) is 12.8 Å². The summed E-state index contributed by atoms with van der Waals surface area (Å²) in [4.78, 5) is 14.1. The van der Waals surface area contributed by atoms with Gasteiger partial charge in [0.15, 0.2) is 0 Å². The van der Waals surface area contributed by atoms with Gasteiger partial charge < -0.3 is 20.7 Å². The predicted molar refractivity (Wildman–Crippen MR) is 81.6 cm³/mol. The van der Waals surface area contributed by atoms with Crippen molar-refractivity contribution in [2.45, 2.75) is 50.5 Å². The van der Waals surface area contributed by atoms with Crippen LogP contribution < -0.4 is 11.1 Å². The molecule has 0 atom stereocenters. The number of nitrogens with zero attached hydrogens (tertiary/aromatic N) is 1. The highest BCUT2D eigenvalue weighted by molar-refractivity contribution is 5.75. The van der Waals surface area contributed by atoms with Gasteiger partial charge in [-0.2, -0.15) is 0 Å². The maximum atomic E-state index is 11.9. The van der Waals surface area contributed by atoms with Crippen LogP contribution in [0, 0.1) is 0 Å². The standard InChI is InChI=1S/C15H31N3O2/c1-18(2)15(8-11-20-12-9-15)13-17-14(19)7-5-3-4-6-10-16/h3-13,16H2,1-2H3,(H,17,19). The van der Waals surface area contributed by atoms with Gasteiger partial charge in [-0.15, -0.1) is 0 Å². The van der Waals surface area contributed by atoms with Crippen LogP contribution in [0.4, 0.5) is 0 Å². The third-order valence-corrected chi connectivity index (χ3v) is 4.34. The lowest BCUT2D eigenvalue weighted by atomic mass is 9.88. The van der Waals surface area contributed by atoms with E-state index in [0.29, 0.717) is 6.42 Å². The molecule has 1 heterocycles. The average molecular weight is 285 g/mol. The number of nitrogens with two attached hydrogens (primary N) is 1. The van der Waals surface area contributed by atoms with Crippen LogP contribution in [0.2, 0.25) is 0 Å². The van der Waals surface area contributed by atoms with E-state index in [1.54, 1.807) is 0 Å². The van der Waals surface area contributed by atoms with Crippen LogP contribution in [0.3, 0.4) is 0 Å². The van der Waals surface area contributed by atoms with E-state index < -0.39 is 0 Å². The zero-order chi connectivity index (χ0) is 14.8. The Morgan fingerprint density at radius 3 is 2.45 bits per heavy atom. The molecule has 1 rings (SSSR count). The fourth-order valence-corrected chi connectivity index (χ4v) is 2.67. The summed E-state index contributed by atoms with van der Waals surface area (Å²) >= 11 is 0. The lowest BCUT2D eigenvalue weighted by Crippen LogP contribution is -2.55. The Morgan fingerprint density at radius 1 is 1.20 bits per heavy atom. The van der Waals surface area contributed by atoms with Crippen LogP contribution in [0.25, 0.3) is 0 Å². The highest BCUT2D eigenvalue weighted by Gasteiger charge is 2.34. The van der Waals surface area contributed by atoms with E-state index in [0.717, 1.165) is 64.8 Å². The van der Waals surface area contributed by atoms with E-state index in [9.17, 15) is 4.79 Å². The van der Waals surface area contributed by atoms with E-state index in [1.807, 2.05) is 0 Å². The highest BCUT2D eigenvalue weighted by Crippen LogP contribution is 2.25. The van der Waals surface area contributed by atoms with Crippen molar-refractivity contribution in [3.63, 3.8) is 0 Å². The third kappa shape index (κ3) is 5.77. The first-order valence-corrected chi connectivity index (χ1v) is 7.83. The van der Waals surface area contributed by atoms with E-state index in [-0.39, 0.29) is 11.4 Å². The highest BCUT2D eigenvalue weighted by atomic mass is 16.5. The zero-order valence-electron chi connectivity index (χ0n) is 13.1. The smallest absolute Gasteiger partial charge is 0.220 e. The summed E-state index contributed by atoms with van der Waals surface area (Å²) in [5.74, 6) is 0.172. The predicted octanol–water partition coefficient (Wildman–Crippen LogP) is 1.12. The summed E-state index contributed by atoms with van der Waals surface area (Å²) in [7, 11) is 4.18. The molecule has 0 unspecified atom stereocenters. The first kappa shape index (κ1) is 17.4. The number of ether oxygens (including phenoxy) is 1. The lowest BCUT2D eigenvalue weighted by molar-refractivity contribution is -0.122. The maximum absolute atomic E-state index is 11.9. The van der Waals surface area contributed by atoms with Crippen molar-refractivity contribution in [2.24, 2.45) is 5.73 Å². The molecule has 0 aliphatic carbocycles. The van der Waals surface area contributed by atoms with Crippen LogP contribution in [-0.4, -0.2) is 56.7 Å². The number of carbonyl (C=O) groups excluding carboxylic acids is 1. The van der Waals surface area contributed by atoms with E-state index >= 15 is 0 Å². The van der Waals surface area contributed by atoms with Crippen molar-refractivity contribution in [3.05, 3.63) is 0 Å². The van der Waals surface area contributed by atoms with Gasteiger partial charge in [0.05, 0.1) is 0 Å². The average Bonchev–Trinajstić information content (AvgIpc) is 2.46. The van der Waals surface area contributed by atoms with Gasteiger partial charge in [-0.25, -0.2) is 0 Å². The second-order valence-electron chi connectivity index (χ2n) is 5.96. The molecule has 0 bridgehead atoms. The number of rotatable bonds is 9. The SMILES string of the molecule is CN(C)C1(CNC(=O)CCCCCCN)CCOCC1. The van der Waals surface area contributed by atoms with E-state index in [1.165, 1.54) is 0 Å². The molecular weight excluding hydrogens is 254 g/mol. The molecular formula is C15H31N3O2. The molecule has 1 aliphatic heterocycles. The second kappa shape index (κ2) is 9.32. The van der Waals surface area contributed by atoms with Crippen LogP contribution in [0.15, 0.2) is 0 Å². The van der Waals surface area contributed by atoms with Gasteiger partial charge >= 0.3 is 0 Å². The topological polar surface area (TPSA) is 67.6 Å². The monoisotopic (exact) mass is 285 g/mol. The van der Waals surface area contributed by atoms with Crippen molar-refractivity contribution >= 4 is 5.91 Å². The molecule has 20 heavy (non-hydrogen) atoms. The van der Waals surface area contributed by atoms with Crippen LogP contribution in [0.1, 0.15) is 44.9 Å². The molecule has 0 saturated carbocycles. The minimum absolute atomic E-state index is 0.0630. The summed E-state index contributed by atoms with van der Waals surface area (Å²) in [5, 5.41) is 3.10. The molecule has 3 N–H and O–H groups in total. The molecule has 1 fully saturated rings. The van der Waals surface area contributed by atoms with Gasteiger partial charge in [-0.05, 0) is 46.3 Å². The lowest BCUT2D eigenvalue weighted by Gasteiger charge is -2.42. The fraction of sp³-hybridized carbons (Fsp3) is 0.933. The van der Waals surface area contributed by atoms with Crippen LogP contribution in [-0.2, 0) is 9.53 Å². The molecule has 0 radical (unpaired) electrons. The molecule has 5 heteroatoms. The molecule has 1 amide bonds. The van der Waals surface area contributed by atoms with Gasteiger partial charge in [-0.3, -0.25) is 4.79 Å². The molecule has 5 nitrogen and oxygen atoms in total.